The van der Waals surface area contributed by atoms with E-state index >= 15 is 0 Å². The number of rotatable bonds is 12. The number of ether oxygens (including phenoxy) is 3. The third-order valence-electron chi connectivity index (χ3n) is 2.62. The predicted octanol–water partition coefficient (Wildman–Crippen LogP) is 0.217. The molecule has 3 N–H and O–H groups in total. The molecule has 0 heterocycles. The summed E-state index contributed by atoms with van der Waals surface area (Å²) in [7, 11) is 1.68. The van der Waals surface area contributed by atoms with Crippen molar-refractivity contribution in [3.63, 3.8) is 0 Å². The lowest BCUT2D eigenvalue weighted by Crippen LogP contribution is -2.47. The van der Waals surface area contributed by atoms with Crippen LogP contribution >= 0.6 is 0 Å². The quantitative estimate of drug-likeness (QED) is 0.176. The van der Waals surface area contributed by atoms with Gasteiger partial charge in [-0.1, -0.05) is 0 Å². The first-order chi connectivity index (χ1) is 9.79. The lowest BCUT2D eigenvalue weighted by Gasteiger charge is -2.25. The van der Waals surface area contributed by atoms with E-state index in [0.717, 1.165) is 19.5 Å². The van der Waals surface area contributed by atoms with Crippen LogP contribution in [0.5, 0.6) is 0 Å². The highest BCUT2D eigenvalue weighted by molar-refractivity contribution is 5.79. The van der Waals surface area contributed by atoms with Crippen LogP contribution in [-0.4, -0.2) is 70.6 Å². The maximum absolute atomic E-state index is 5.56. The summed E-state index contributed by atoms with van der Waals surface area (Å²) in [5.74, 6) is 6.23. The van der Waals surface area contributed by atoms with E-state index in [1.165, 1.54) is 0 Å². The molecule has 0 aliphatic carbocycles. The largest absolute Gasteiger partial charge is 0.385 e. The third-order valence-corrected chi connectivity index (χ3v) is 2.62. The third kappa shape index (κ3) is 9.96. The molecule has 0 fully saturated rings. The normalized spacial score (nSPS) is 11.7. The Morgan fingerprint density at radius 1 is 1.10 bits per heavy atom. The zero-order valence-electron chi connectivity index (χ0n) is 13.1. The second-order valence-corrected chi connectivity index (χ2v) is 4.08. The van der Waals surface area contributed by atoms with E-state index < -0.39 is 0 Å². The van der Waals surface area contributed by atoms with Gasteiger partial charge in [0.2, 0.25) is 5.96 Å². The Morgan fingerprint density at radius 2 is 1.70 bits per heavy atom. The molecule has 0 aliphatic heterocycles. The van der Waals surface area contributed by atoms with Crippen LogP contribution in [0, 0.1) is 0 Å². The number of hydrogen-bond acceptors (Lipinski definition) is 5. The Bertz CT molecular complexity index is 230. The van der Waals surface area contributed by atoms with Crippen molar-refractivity contribution in [3.8, 4) is 0 Å². The second kappa shape index (κ2) is 14.5. The van der Waals surface area contributed by atoms with Crippen LogP contribution in [0.1, 0.15) is 20.3 Å². The molecule has 0 aromatic carbocycles. The molecule has 7 heteroatoms. The van der Waals surface area contributed by atoms with Crippen LogP contribution in [0.15, 0.2) is 4.99 Å². The molecule has 0 saturated heterocycles. The molecule has 120 valence electrons. The molecule has 0 spiro atoms. The van der Waals surface area contributed by atoms with E-state index in [-0.39, 0.29) is 0 Å². The zero-order valence-corrected chi connectivity index (χ0v) is 13.1. The molecule has 0 atom stereocenters. The van der Waals surface area contributed by atoms with Gasteiger partial charge in [0.25, 0.3) is 0 Å². The molecular formula is C13H30N4O3. The highest BCUT2D eigenvalue weighted by Gasteiger charge is 2.09. The van der Waals surface area contributed by atoms with Gasteiger partial charge in [-0.05, 0) is 20.3 Å². The van der Waals surface area contributed by atoms with Gasteiger partial charge in [0.15, 0.2) is 0 Å². The first-order valence-corrected chi connectivity index (χ1v) is 7.20. The van der Waals surface area contributed by atoms with Crippen molar-refractivity contribution in [2.24, 2.45) is 10.8 Å². The van der Waals surface area contributed by atoms with Gasteiger partial charge in [-0.2, -0.15) is 0 Å². The summed E-state index contributed by atoms with van der Waals surface area (Å²) in [4.78, 5) is 6.49. The molecule has 0 aromatic rings. The summed E-state index contributed by atoms with van der Waals surface area (Å²) in [6.45, 7) is 9.47. The van der Waals surface area contributed by atoms with Gasteiger partial charge in [0.1, 0.15) is 0 Å². The van der Waals surface area contributed by atoms with Crippen LogP contribution in [0.25, 0.3) is 0 Å². The Hall–Kier alpha value is -0.890. The lowest BCUT2D eigenvalue weighted by molar-refractivity contribution is 0.106. The summed E-state index contributed by atoms with van der Waals surface area (Å²) in [6, 6.07) is 0. The van der Waals surface area contributed by atoms with Gasteiger partial charge in [-0.25, -0.2) is 5.84 Å². The van der Waals surface area contributed by atoms with E-state index in [2.05, 4.69) is 10.4 Å². The number of aliphatic imine (C=N–C) groups is 1. The maximum Gasteiger partial charge on any atom is 0.208 e. The Morgan fingerprint density at radius 3 is 2.15 bits per heavy atom. The van der Waals surface area contributed by atoms with Crippen molar-refractivity contribution in [2.75, 3.05) is 59.8 Å². The Balaban J connectivity index is 4.32. The average molecular weight is 290 g/mol. The van der Waals surface area contributed by atoms with Gasteiger partial charge in [0, 0.05) is 46.6 Å². The lowest BCUT2D eigenvalue weighted by atomic mass is 10.4. The summed E-state index contributed by atoms with van der Waals surface area (Å²) >= 11 is 0. The van der Waals surface area contributed by atoms with Crippen molar-refractivity contribution >= 4 is 5.96 Å². The van der Waals surface area contributed by atoms with Gasteiger partial charge < -0.3 is 19.1 Å². The Labute approximate surface area is 122 Å². The summed E-state index contributed by atoms with van der Waals surface area (Å²) in [5.41, 5.74) is 2.66. The number of hydrazine groups is 1. The maximum atomic E-state index is 5.56. The zero-order chi connectivity index (χ0) is 15.1. The number of nitrogens with two attached hydrogens (primary N) is 1. The second-order valence-electron chi connectivity index (χ2n) is 4.08. The Kier molecular flexibility index (Phi) is 13.9. The highest BCUT2D eigenvalue weighted by atomic mass is 16.5. The fourth-order valence-electron chi connectivity index (χ4n) is 1.59. The van der Waals surface area contributed by atoms with Crippen LogP contribution in [0.3, 0.4) is 0 Å². The number of nitrogens with one attached hydrogen (secondary N) is 1. The van der Waals surface area contributed by atoms with E-state index in [1.54, 1.807) is 7.11 Å². The van der Waals surface area contributed by atoms with Crippen LogP contribution < -0.4 is 11.3 Å². The number of hydrogen-bond donors (Lipinski definition) is 2. The van der Waals surface area contributed by atoms with E-state index in [1.807, 2.05) is 18.7 Å². The molecule has 20 heavy (non-hydrogen) atoms. The van der Waals surface area contributed by atoms with Gasteiger partial charge in [-0.3, -0.25) is 10.4 Å². The SMILES string of the molecule is CCOCCN(CCOCC)C(=NCCCOC)NN. The minimum atomic E-state index is 0.640. The molecule has 0 aromatic heterocycles. The summed E-state index contributed by atoms with van der Waals surface area (Å²) < 4.78 is 15.8. The fraction of sp³-hybridized carbons (Fsp3) is 0.923. The van der Waals surface area contributed by atoms with Crippen molar-refractivity contribution in [2.45, 2.75) is 20.3 Å². The van der Waals surface area contributed by atoms with Crippen molar-refractivity contribution in [3.05, 3.63) is 0 Å². The molecule has 0 amide bonds. The summed E-state index contributed by atoms with van der Waals surface area (Å²) in [5, 5.41) is 0. The van der Waals surface area contributed by atoms with Gasteiger partial charge in [-0.15, -0.1) is 0 Å². The van der Waals surface area contributed by atoms with Crippen molar-refractivity contribution < 1.29 is 14.2 Å². The van der Waals surface area contributed by atoms with Gasteiger partial charge >= 0.3 is 0 Å². The monoisotopic (exact) mass is 290 g/mol. The molecule has 7 nitrogen and oxygen atoms in total. The molecule has 0 saturated carbocycles. The molecule has 0 radical (unpaired) electrons. The van der Waals surface area contributed by atoms with Crippen LogP contribution in [0.2, 0.25) is 0 Å². The first-order valence-electron chi connectivity index (χ1n) is 7.20. The summed E-state index contributed by atoms with van der Waals surface area (Å²) in [6.07, 6.45) is 0.867. The predicted molar refractivity (Wildman–Crippen MR) is 80.7 cm³/mol. The van der Waals surface area contributed by atoms with E-state index in [9.17, 15) is 0 Å². The minimum Gasteiger partial charge on any atom is -0.385 e. The molecular weight excluding hydrogens is 260 g/mol. The molecule has 0 unspecified atom stereocenters. The van der Waals surface area contributed by atoms with E-state index in [4.69, 9.17) is 20.1 Å². The number of guanidine groups is 1. The molecule has 0 rings (SSSR count). The van der Waals surface area contributed by atoms with Crippen molar-refractivity contribution in [1.82, 2.24) is 10.3 Å². The van der Waals surface area contributed by atoms with Crippen LogP contribution in [-0.2, 0) is 14.2 Å². The van der Waals surface area contributed by atoms with Crippen LogP contribution in [0.4, 0.5) is 0 Å². The van der Waals surface area contributed by atoms with E-state index in [0.29, 0.717) is 45.5 Å². The van der Waals surface area contributed by atoms with Crippen molar-refractivity contribution in [1.29, 1.82) is 0 Å². The molecule has 0 bridgehead atoms. The smallest absolute Gasteiger partial charge is 0.208 e. The minimum absolute atomic E-state index is 0.640. The van der Waals surface area contributed by atoms with Gasteiger partial charge in [0.05, 0.1) is 13.2 Å². The number of nitrogens with zero attached hydrogens (tertiary/aromatic N) is 2. The highest BCUT2D eigenvalue weighted by Crippen LogP contribution is 1.94. The fourth-order valence-corrected chi connectivity index (χ4v) is 1.59. The standard InChI is InChI=1S/C13H30N4O3/c1-4-19-11-8-17(9-12-20-5-2)13(16-14)15-7-6-10-18-3/h4-12,14H2,1-3H3,(H,15,16). The topological polar surface area (TPSA) is 81.3 Å². The number of methoxy groups -OCH3 is 1. The first kappa shape index (κ1) is 19.1. The average Bonchev–Trinajstić information content (AvgIpc) is 2.47. The molecule has 0 aliphatic rings.